The van der Waals surface area contributed by atoms with Crippen LogP contribution in [-0.4, -0.2) is 54.2 Å². The van der Waals surface area contributed by atoms with Gasteiger partial charge in [-0.25, -0.2) is 15.0 Å². The first-order valence-electron chi connectivity index (χ1n) is 8.76. The maximum Gasteiger partial charge on any atom is 0.180 e. The van der Waals surface area contributed by atoms with Crippen LogP contribution in [0.25, 0.3) is 17.2 Å². The number of nitrogens with zero attached hydrogens (tertiary/aromatic N) is 7. The molecule has 1 saturated heterocycles. The number of rotatable bonds is 3. The van der Waals surface area contributed by atoms with Gasteiger partial charge in [0.2, 0.25) is 0 Å². The Morgan fingerprint density at radius 2 is 2.15 bits per heavy atom. The number of H-pyrrole nitrogens is 1. The van der Waals surface area contributed by atoms with Crippen LogP contribution in [0.5, 0.6) is 0 Å². The molecule has 27 heavy (non-hydrogen) atoms. The zero-order valence-corrected chi connectivity index (χ0v) is 14.8. The summed E-state index contributed by atoms with van der Waals surface area (Å²) in [4.78, 5) is 20.1. The van der Waals surface area contributed by atoms with Gasteiger partial charge in [0, 0.05) is 37.2 Å². The van der Waals surface area contributed by atoms with Gasteiger partial charge in [-0.05, 0) is 13.0 Å². The van der Waals surface area contributed by atoms with Crippen LogP contribution in [0, 0.1) is 6.92 Å². The highest BCUT2D eigenvalue weighted by Crippen LogP contribution is 2.26. The van der Waals surface area contributed by atoms with E-state index in [9.17, 15) is 0 Å². The Balaban J connectivity index is 1.47. The topological polar surface area (TPSA) is 97.1 Å². The van der Waals surface area contributed by atoms with Crippen molar-refractivity contribution in [2.24, 2.45) is 0 Å². The van der Waals surface area contributed by atoms with Crippen molar-refractivity contribution in [3.05, 3.63) is 54.5 Å². The van der Waals surface area contributed by atoms with Crippen molar-refractivity contribution >= 4 is 11.5 Å². The molecule has 0 amide bonds. The van der Waals surface area contributed by atoms with E-state index in [0.717, 1.165) is 35.0 Å². The summed E-state index contributed by atoms with van der Waals surface area (Å²) in [6.45, 7) is 4.08. The summed E-state index contributed by atoms with van der Waals surface area (Å²) in [5.41, 5.74) is 3.57. The van der Waals surface area contributed by atoms with Crippen LogP contribution < -0.4 is 4.90 Å². The van der Waals surface area contributed by atoms with E-state index >= 15 is 0 Å². The highest BCUT2D eigenvalue weighted by molar-refractivity contribution is 5.58. The van der Waals surface area contributed by atoms with E-state index in [1.54, 1.807) is 24.8 Å². The van der Waals surface area contributed by atoms with Crippen LogP contribution >= 0.6 is 0 Å². The number of fused-ring (bicyclic) bond motifs is 1. The fraction of sp³-hybridized carbons (Fsp3) is 0.278. The molecule has 136 valence electrons. The molecule has 0 aliphatic carbocycles. The Labute approximate surface area is 155 Å². The normalized spacial score (nSPS) is 17.5. The second kappa shape index (κ2) is 6.44. The molecule has 1 fully saturated rings. The molecule has 0 aromatic carbocycles. The molecule has 1 atom stereocenters. The minimum atomic E-state index is -0.0274. The minimum Gasteiger partial charge on any atom is -0.370 e. The van der Waals surface area contributed by atoms with Crippen molar-refractivity contribution in [2.45, 2.75) is 13.0 Å². The quantitative estimate of drug-likeness (QED) is 0.593. The van der Waals surface area contributed by atoms with Crippen LogP contribution in [0.2, 0.25) is 0 Å². The van der Waals surface area contributed by atoms with Crippen molar-refractivity contribution in [3.8, 4) is 11.5 Å². The summed E-state index contributed by atoms with van der Waals surface area (Å²) < 4.78 is 7.85. The molecule has 9 heteroatoms. The molecule has 4 aromatic heterocycles. The fourth-order valence-electron chi connectivity index (χ4n) is 3.30. The van der Waals surface area contributed by atoms with Crippen LogP contribution in [-0.2, 0) is 4.74 Å². The van der Waals surface area contributed by atoms with E-state index in [4.69, 9.17) is 9.72 Å². The number of morpholine rings is 1. The Kier molecular flexibility index (Phi) is 3.79. The lowest BCUT2D eigenvalue weighted by molar-refractivity contribution is 0.0395. The lowest BCUT2D eigenvalue weighted by Crippen LogP contribution is -2.38. The van der Waals surface area contributed by atoms with E-state index in [-0.39, 0.29) is 6.10 Å². The van der Waals surface area contributed by atoms with Gasteiger partial charge in [-0.15, -0.1) is 0 Å². The van der Waals surface area contributed by atoms with Crippen LogP contribution in [0.3, 0.4) is 0 Å². The van der Waals surface area contributed by atoms with Gasteiger partial charge in [0.25, 0.3) is 0 Å². The number of hydrogen-bond acceptors (Lipinski definition) is 7. The first-order chi connectivity index (χ1) is 13.3. The van der Waals surface area contributed by atoms with E-state index < -0.39 is 0 Å². The molecule has 4 aromatic rings. The Morgan fingerprint density at radius 1 is 1.19 bits per heavy atom. The third-order valence-electron chi connectivity index (χ3n) is 4.68. The predicted octanol–water partition coefficient (Wildman–Crippen LogP) is 1.80. The molecule has 1 N–H and O–H groups in total. The molecule has 0 radical (unpaired) electrons. The van der Waals surface area contributed by atoms with Gasteiger partial charge >= 0.3 is 0 Å². The third-order valence-corrected chi connectivity index (χ3v) is 4.68. The molecule has 9 nitrogen and oxygen atoms in total. The molecule has 1 aliphatic rings. The minimum absolute atomic E-state index is 0.0274. The molecule has 0 saturated carbocycles. The summed E-state index contributed by atoms with van der Waals surface area (Å²) in [6.07, 6.45) is 10.9. The van der Waals surface area contributed by atoms with Crippen LogP contribution in [0.4, 0.5) is 5.82 Å². The Bertz CT molecular complexity index is 1070. The molecule has 0 spiro atoms. The maximum atomic E-state index is 5.88. The molecule has 1 unspecified atom stereocenters. The number of ether oxygens (including phenoxy) is 1. The van der Waals surface area contributed by atoms with Crippen LogP contribution in [0.15, 0.2) is 43.2 Å². The summed E-state index contributed by atoms with van der Waals surface area (Å²) >= 11 is 0. The average Bonchev–Trinajstić information content (AvgIpc) is 3.38. The van der Waals surface area contributed by atoms with Gasteiger partial charge < -0.3 is 9.64 Å². The number of anilines is 1. The predicted molar refractivity (Wildman–Crippen MR) is 98.2 cm³/mol. The molecule has 5 rings (SSSR count). The number of aryl methyl sites for hydroxylation is 1. The van der Waals surface area contributed by atoms with E-state index in [2.05, 4.69) is 30.0 Å². The summed E-state index contributed by atoms with van der Waals surface area (Å²) in [5.74, 6) is 1.51. The smallest absolute Gasteiger partial charge is 0.180 e. The second-order valence-corrected chi connectivity index (χ2v) is 6.48. The van der Waals surface area contributed by atoms with Crippen molar-refractivity contribution in [3.63, 3.8) is 0 Å². The standard InChI is InChI=1S/C18H18N8O/c1-12-10-26-14(8-21-17(26)9-20-12)18-19-3-2-16(24-18)25-4-5-27-15(11-25)13-6-22-23-7-13/h2-3,6-10,15H,4-5,11H2,1H3,(H,22,23). The third kappa shape index (κ3) is 2.91. The highest BCUT2D eigenvalue weighted by atomic mass is 16.5. The zero-order chi connectivity index (χ0) is 18.2. The molecular weight excluding hydrogens is 344 g/mol. The number of nitrogens with one attached hydrogen (secondary N) is 1. The molecule has 1 aliphatic heterocycles. The van der Waals surface area contributed by atoms with Gasteiger partial charge in [0.05, 0.1) is 30.9 Å². The van der Waals surface area contributed by atoms with Gasteiger partial charge in [0.15, 0.2) is 11.5 Å². The number of aromatic amines is 1. The maximum absolute atomic E-state index is 5.88. The second-order valence-electron chi connectivity index (χ2n) is 6.48. The monoisotopic (exact) mass is 362 g/mol. The molecule has 0 bridgehead atoms. The Hall–Kier alpha value is -3.33. The van der Waals surface area contributed by atoms with E-state index in [1.165, 1.54) is 0 Å². The van der Waals surface area contributed by atoms with Gasteiger partial charge in [0.1, 0.15) is 17.6 Å². The van der Waals surface area contributed by atoms with Crippen molar-refractivity contribution in [1.82, 2.24) is 34.5 Å². The number of aromatic nitrogens is 7. The van der Waals surface area contributed by atoms with Gasteiger partial charge in [-0.1, -0.05) is 0 Å². The van der Waals surface area contributed by atoms with Crippen molar-refractivity contribution in [1.29, 1.82) is 0 Å². The van der Waals surface area contributed by atoms with E-state index in [0.29, 0.717) is 19.0 Å². The summed E-state index contributed by atoms with van der Waals surface area (Å²) in [6, 6.07) is 1.93. The largest absolute Gasteiger partial charge is 0.370 e. The highest BCUT2D eigenvalue weighted by Gasteiger charge is 2.24. The lowest BCUT2D eigenvalue weighted by Gasteiger charge is -2.33. The van der Waals surface area contributed by atoms with Crippen molar-refractivity contribution in [2.75, 3.05) is 24.6 Å². The summed E-state index contributed by atoms with van der Waals surface area (Å²) in [5, 5.41) is 6.86. The Morgan fingerprint density at radius 3 is 3.04 bits per heavy atom. The van der Waals surface area contributed by atoms with Crippen LogP contribution in [0.1, 0.15) is 17.4 Å². The van der Waals surface area contributed by atoms with Gasteiger partial charge in [-0.3, -0.25) is 14.5 Å². The van der Waals surface area contributed by atoms with Gasteiger partial charge in [-0.2, -0.15) is 5.10 Å². The van der Waals surface area contributed by atoms with Crippen molar-refractivity contribution < 1.29 is 4.74 Å². The average molecular weight is 362 g/mol. The fourth-order valence-corrected chi connectivity index (χ4v) is 3.30. The lowest BCUT2D eigenvalue weighted by atomic mass is 10.1. The van der Waals surface area contributed by atoms with E-state index in [1.807, 2.05) is 29.8 Å². The molecule has 5 heterocycles. The first kappa shape index (κ1) is 15.9. The zero-order valence-electron chi connectivity index (χ0n) is 14.8. The first-order valence-corrected chi connectivity index (χ1v) is 8.76. The number of hydrogen-bond donors (Lipinski definition) is 1. The summed E-state index contributed by atoms with van der Waals surface area (Å²) in [7, 11) is 0. The number of imidazole rings is 1. The SMILES string of the molecule is Cc1cn2c(-c3nccc(N4CCOC(c5cn[nH]c5)C4)n3)cnc2cn1. The molecular formula is C18H18N8O.